The lowest BCUT2D eigenvalue weighted by molar-refractivity contribution is 0.576. The van der Waals surface area contributed by atoms with E-state index in [4.69, 9.17) is 0 Å². The van der Waals surface area contributed by atoms with Crippen molar-refractivity contribution in [3.8, 4) is 0 Å². The van der Waals surface area contributed by atoms with E-state index in [1.54, 1.807) is 18.2 Å². The average Bonchev–Trinajstić information content (AvgIpc) is 2.28. The number of rotatable bonds is 6. The highest BCUT2D eigenvalue weighted by Crippen LogP contribution is 2.19. The predicted octanol–water partition coefficient (Wildman–Crippen LogP) is 3.23. The van der Waals surface area contributed by atoms with Crippen LogP contribution in [-0.2, 0) is 10.0 Å². The molecule has 0 aromatic heterocycles. The van der Waals surface area contributed by atoms with E-state index >= 15 is 0 Å². The van der Waals surface area contributed by atoms with Crippen molar-refractivity contribution in [2.24, 2.45) is 0 Å². The number of aryl methyl sites for hydroxylation is 1. The van der Waals surface area contributed by atoms with Crippen LogP contribution >= 0.6 is 15.9 Å². The smallest absolute Gasteiger partial charge is 0.211 e. The molecule has 0 aliphatic rings. The molecule has 1 aromatic carbocycles. The highest BCUT2D eigenvalue weighted by atomic mass is 79.9. The molecular formula is C12H18BrNO2S. The fourth-order valence-electron chi connectivity index (χ4n) is 1.45. The lowest BCUT2D eigenvalue weighted by Gasteiger charge is -2.07. The van der Waals surface area contributed by atoms with E-state index in [9.17, 15) is 8.42 Å². The fraction of sp³-hybridized carbons (Fsp3) is 0.500. The predicted molar refractivity (Wildman–Crippen MR) is 73.6 cm³/mol. The Hall–Kier alpha value is -0.390. The van der Waals surface area contributed by atoms with Crippen molar-refractivity contribution in [1.82, 2.24) is 4.72 Å². The highest BCUT2D eigenvalue weighted by Gasteiger charge is 2.13. The van der Waals surface area contributed by atoms with Crippen LogP contribution in [0.2, 0.25) is 0 Å². The lowest BCUT2D eigenvalue weighted by atomic mass is 10.2. The first-order valence-electron chi connectivity index (χ1n) is 5.73. The van der Waals surface area contributed by atoms with Gasteiger partial charge in [0.05, 0.1) is 4.90 Å². The van der Waals surface area contributed by atoms with Gasteiger partial charge in [0, 0.05) is 11.0 Å². The molecule has 0 radical (unpaired) electrons. The van der Waals surface area contributed by atoms with E-state index in [-0.39, 0.29) is 0 Å². The Bertz CT molecular complexity index is 471. The topological polar surface area (TPSA) is 46.2 Å². The third-order valence-corrected chi connectivity index (χ3v) is 4.86. The molecule has 1 aromatic rings. The van der Waals surface area contributed by atoms with Gasteiger partial charge in [-0.05, 0) is 37.1 Å². The second-order valence-corrected chi connectivity index (χ2v) is 6.64. The Morgan fingerprint density at radius 2 is 2.00 bits per heavy atom. The maximum atomic E-state index is 11.9. The van der Waals surface area contributed by atoms with Gasteiger partial charge in [0.2, 0.25) is 10.0 Å². The molecule has 0 bridgehead atoms. The van der Waals surface area contributed by atoms with Gasteiger partial charge in [-0.1, -0.05) is 35.7 Å². The van der Waals surface area contributed by atoms with Gasteiger partial charge in [0.25, 0.3) is 0 Å². The van der Waals surface area contributed by atoms with E-state index in [2.05, 4.69) is 27.6 Å². The van der Waals surface area contributed by atoms with Crippen molar-refractivity contribution >= 4 is 26.0 Å². The Balaban J connectivity index is 2.72. The number of unbranched alkanes of at least 4 members (excludes halogenated alkanes) is 2. The third kappa shape index (κ3) is 4.41. The minimum Gasteiger partial charge on any atom is -0.211 e. The van der Waals surface area contributed by atoms with E-state index < -0.39 is 10.0 Å². The zero-order chi connectivity index (χ0) is 12.9. The number of halogens is 1. The molecule has 0 amide bonds. The number of nitrogens with one attached hydrogen (secondary N) is 1. The molecule has 0 saturated carbocycles. The first-order chi connectivity index (χ1) is 7.97. The van der Waals surface area contributed by atoms with Crippen molar-refractivity contribution in [3.05, 3.63) is 28.2 Å². The Morgan fingerprint density at radius 1 is 1.29 bits per heavy atom. The van der Waals surface area contributed by atoms with Gasteiger partial charge in [-0.25, -0.2) is 13.1 Å². The summed E-state index contributed by atoms with van der Waals surface area (Å²) in [4.78, 5) is 0.328. The Kier molecular flexibility index (Phi) is 5.62. The molecule has 0 aliphatic heterocycles. The Morgan fingerprint density at radius 3 is 2.59 bits per heavy atom. The van der Waals surface area contributed by atoms with Crippen LogP contribution in [0.15, 0.2) is 27.6 Å². The molecule has 0 unspecified atom stereocenters. The first kappa shape index (κ1) is 14.7. The molecule has 0 aliphatic carbocycles. The summed E-state index contributed by atoms with van der Waals surface area (Å²) < 4.78 is 27.4. The van der Waals surface area contributed by atoms with Gasteiger partial charge in [-0.15, -0.1) is 0 Å². The summed E-state index contributed by atoms with van der Waals surface area (Å²) in [7, 11) is -3.35. The van der Waals surface area contributed by atoms with Gasteiger partial charge in [-0.2, -0.15) is 0 Å². The van der Waals surface area contributed by atoms with Crippen LogP contribution in [0.4, 0.5) is 0 Å². The quantitative estimate of drug-likeness (QED) is 0.818. The molecule has 0 saturated heterocycles. The summed E-state index contributed by atoms with van der Waals surface area (Å²) in [6.07, 6.45) is 3.01. The van der Waals surface area contributed by atoms with Crippen LogP contribution in [0.1, 0.15) is 31.7 Å². The molecule has 0 atom stereocenters. The summed E-state index contributed by atoms with van der Waals surface area (Å²) in [6.45, 7) is 4.47. The zero-order valence-corrected chi connectivity index (χ0v) is 12.6. The van der Waals surface area contributed by atoms with Crippen LogP contribution in [0, 0.1) is 6.92 Å². The Labute approximate surface area is 112 Å². The maximum absolute atomic E-state index is 11.9. The third-order valence-electron chi connectivity index (χ3n) is 2.51. The highest BCUT2D eigenvalue weighted by molar-refractivity contribution is 9.10. The van der Waals surface area contributed by atoms with Gasteiger partial charge >= 0.3 is 0 Å². The van der Waals surface area contributed by atoms with Gasteiger partial charge in [-0.3, -0.25) is 0 Å². The summed E-state index contributed by atoms with van der Waals surface area (Å²) >= 11 is 3.35. The number of hydrogen-bond donors (Lipinski definition) is 1. The standard InChI is InChI=1S/C12H18BrNO2S/c1-3-4-5-8-14-17(15,16)11-6-7-12(13)10(2)9-11/h6-7,9,14H,3-5,8H2,1-2H3. The largest absolute Gasteiger partial charge is 0.240 e. The van der Waals surface area contributed by atoms with Crippen LogP contribution in [0.5, 0.6) is 0 Å². The van der Waals surface area contributed by atoms with Crippen molar-refractivity contribution in [1.29, 1.82) is 0 Å². The molecule has 17 heavy (non-hydrogen) atoms. The molecule has 3 nitrogen and oxygen atoms in total. The molecule has 0 spiro atoms. The fourth-order valence-corrected chi connectivity index (χ4v) is 2.85. The van der Waals surface area contributed by atoms with E-state index in [1.165, 1.54) is 0 Å². The minimum absolute atomic E-state index is 0.328. The van der Waals surface area contributed by atoms with Gasteiger partial charge in [0.1, 0.15) is 0 Å². The lowest BCUT2D eigenvalue weighted by Crippen LogP contribution is -2.24. The molecule has 96 valence electrons. The van der Waals surface area contributed by atoms with Crippen LogP contribution in [0.25, 0.3) is 0 Å². The SMILES string of the molecule is CCCCCNS(=O)(=O)c1ccc(Br)c(C)c1. The molecule has 5 heteroatoms. The monoisotopic (exact) mass is 319 g/mol. The second-order valence-electron chi connectivity index (χ2n) is 4.02. The summed E-state index contributed by atoms with van der Waals surface area (Å²) in [6, 6.07) is 5.04. The molecular weight excluding hydrogens is 302 g/mol. The summed E-state index contributed by atoms with van der Waals surface area (Å²) in [5, 5.41) is 0. The maximum Gasteiger partial charge on any atom is 0.240 e. The van der Waals surface area contributed by atoms with Crippen molar-refractivity contribution in [2.75, 3.05) is 6.54 Å². The molecule has 1 N–H and O–H groups in total. The van der Waals surface area contributed by atoms with Crippen LogP contribution in [-0.4, -0.2) is 15.0 Å². The van der Waals surface area contributed by atoms with Crippen molar-refractivity contribution < 1.29 is 8.42 Å². The zero-order valence-electron chi connectivity index (χ0n) is 10.2. The average molecular weight is 320 g/mol. The minimum atomic E-state index is -3.35. The van der Waals surface area contributed by atoms with Gasteiger partial charge in [0.15, 0.2) is 0 Å². The van der Waals surface area contributed by atoms with E-state index in [1.807, 2.05) is 6.92 Å². The summed E-state index contributed by atoms with van der Waals surface area (Å²) in [5.41, 5.74) is 0.918. The molecule has 1 rings (SSSR count). The van der Waals surface area contributed by atoms with E-state index in [0.29, 0.717) is 11.4 Å². The molecule has 0 fully saturated rings. The van der Waals surface area contributed by atoms with Gasteiger partial charge < -0.3 is 0 Å². The summed E-state index contributed by atoms with van der Waals surface area (Å²) in [5.74, 6) is 0. The van der Waals surface area contributed by atoms with Crippen LogP contribution < -0.4 is 4.72 Å². The first-order valence-corrected chi connectivity index (χ1v) is 8.01. The number of hydrogen-bond acceptors (Lipinski definition) is 2. The number of benzene rings is 1. The van der Waals surface area contributed by atoms with Crippen LogP contribution in [0.3, 0.4) is 0 Å². The normalized spacial score (nSPS) is 11.7. The van der Waals surface area contributed by atoms with E-state index in [0.717, 1.165) is 29.3 Å². The second kappa shape index (κ2) is 6.52. The van der Waals surface area contributed by atoms with Crippen molar-refractivity contribution in [3.63, 3.8) is 0 Å². The van der Waals surface area contributed by atoms with Crippen molar-refractivity contribution in [2.45, 2.75) is 38.0 Å². The molecule has 0 heterocycles. The number of sulfonamides is 1.